The summed E-state index contributed by atoms with van der Waals surface area (Å²) in [5, 5.41) is 15.6. The molecule has 0 atom stereocenters. The van der Waals surface area contributed by atoms with Gasteiger partial charge in [-0.25, -0.2) is 4.98 Å². The van der Waals surface area contributed by atoms with Crippen LogP contribution in [0.3, 0.4) is 0 Å². The monoisotopic (exact) mass is 238 g/mol. The molecule has 2 rings (SSSR count). The maximum absolute atomic E-state index is 12.0. The Balaban J connectivity index is 2.00. The summed E-state index contributed by atoms with van der Waals surface area (Å²) >= 11 is 0. The summed E-state index contributed by atoms with van der Waals surface area (Å²) in [6.45, 7) is 3.14. The van der Waals surface area contributed by atoms with Crippen molar-refractivity contribution in [2.45, 2.75) is 32.1 Å². The van der Waals surface area contributed by atoms with Gasteiger partial charge in [0.05, 0.1) is 0 Å². The molecule has 2 N–H and O–H groups in total. The third-order valence-electron chi connectivity index (χ3n) is 2.91. The lowest BCUT2D eigenvalue weighted by Gasteiger charge is -2.18. The molecule has 0 bridgehead atoms. The Morgan fingerprint density at radius 1 is 1.59 bits per heavy atom. The van der Waals surface area contributed by atoms with Gasteiger partial charge in [-0.2, -0.15) is 0 Å². The molecule has 1 fully saturated rings. The molecule has 0 spiro atoms. The van der Waals surface area contributed by atoms with Crippen molar-refractivity contribution >= 4 is 5.91 Å². The van der Waals surface area contributed by atoms with Gasteiger partial charge in [-0.3, -0.25) is 9.89 Å². The molecule has 6 nitrogen and oxygen atoms in total. The van der Waals surface area contributed by atoms with Crippen molar-refractivity contribution < 1.29 is 9.90 Å². The minimum absolute atomic E-state index is 0.0884. The Morgan fingerprint density at radius 2 is 2.35 bits per heavy atom. The number of aromatic nitrogens is 3. The van der Waals surface area contributed by atoms with Crippen molar-refractivity contribution in [1.29, 1.82) is 0 Å². The Bertz CT molecular complexity index is 387. The second-order valence-corrected chi connectivity index (χ2v) is 4.28. The van der Waals surface area contributed by atoms with Crippen LogP contribution in [-0.2, 0) is 0 Å². The number of carbonyl (C=O) groups is 1. The van der Waals surface area contributed by atoms with Gasteiger partial charge >= 0.3 is 0 Å². The highest BCUT2D eigenvalue weighted by atomic mass is 16.3. The van der Waals surface area contributed by atoms with Gasteiger partial charge < -0.3 is 10.0 Å². The molecule has 1 saturated carbocycles. The van der Waals surface area contributed by atoms with Crippen LogP contribution in [0.4, 0.5) is 0 Å². The van der Waals surface area contributed by atoms with E-state index in [1.807, 2.05) is 6.92 Å². The number of carbonyl (C=O) groups excluding carboxylic acids is 1. The zero-order chi connectivity index (χ0) is 12.3. The Kier molecular flexibility index (Phi) is 3.73. The summed E-state index contributed by atoms with van der Waals surface area (Å²) < 4.78 is 0. The summed E-state index contributed by atoms with van der Waals surface area (Å²) in [5.41, 5.74) is 0. The van der Waals surface area contributed by atoms with Crippen molar-refractivity contribution in [1.82, 2.24) is 20.1 Å². The van der Waals surface area contributed by atoms with Crippen LogP contribution in [0.5, 0.6) is 0 Å². The molecule has 0 saturated heterocycles. The highest BCUT2D eigenvalue weighted by Gasteiger charge is 2.28. The van der Waals surface area contributed by atoms with Gasteiger partial charge in [-0.15, -0.1) is 5.10 Å². The quantitative estimate of drug-likeness (QED) is 0.757. The predicted molar refractivity (Wildman–Crippen MR) is 61.6 cm³/mol. The normalized spacial score (nSPS) is 14.9. The third kappa shape index (κ3) is 2.82. The second kappa shape index (κ2) is 5.27. The van der Waals surface area contributed by atoms with Crippen LogP contribution < -0.4 is 0 Å². The molecule has 1 heterocycles. The molecule has 17 heavy (non-hydrogen) atoms. The lowest BCUT2D eigenvalue weighted by Crippen LogP contribution is -2.33. The van der Waals surface area contributed by atoms with Crippen molar-refractivity contribution in [3.8, 4) is 0 Å². The first-order chi connectivity index (χ1) is 8.26. The topological polar surface area (TPSA) is 82.1 Å². The van der Waals surface area contributed by atoms with Crippen molar-refractivity contribution in [2.75, 3.05) is 19.7 Å². The molecular formula is C11H18N4O2. The van der Waals surface area contributed by atoms with E-state index >= 15 is 0 Å². The molecule has 0 unspecified atom stereocenters. The van der Waals surface area contributed by atoms with E-state index in [0.717, 1.165) is 18.7 Å². The molecule has 1 amide bonds. The van der Waals surface area contributed by atoms with Crippen LogP contribution >= 0.6 is 0 Å². The Hall–Kier alpha value is -1.43. The fourth-order valence-electron chi connectivity index (χ4n) is 1.72. The third-order valence-corrected chi connectivity index (χ3v) is 2.91. The SMILES string of the molecule is CCN(CCCO)C(=O)c1n[nH]c(C2CC2)n1. The van der Waals surface area contributed by atoms with E-state index in [0.29, 0.717) is 25.4 Å². The molecule has 0 radical (unpaired) electrons. The van der Waals surface area contributed by atoms with E-state index in [1.54, 1.807) is 4.90 Å². The fourth-order valence-corrected chi connectivity index (χ4v) is 1.72. The van der Waals surface area contributed by atoms with E-state index in [2.05, 4.69) is 15.2 Å². The number of rotatable bonds is 6. The molecule has 0 aromatic carbocycles. The van der Waals surface area contributed by atoms with Crippen LogP contribution in [0.25, 0.3) is 0 Å². The number of hydrogen-bond donors (Lipinski definition) is 2. The number of nitrogens with zero attached hydrogens (tertiary/aromatic N) is 3. The number of aromatic amines is 1. The van der Waals surface area contributed by atoms with Crippen LogP contribution in [0.2, 0.25) is 0 Å². The highest BCUT2D eigenvalue weighted by Crippen LogP contribution is 2.37. The first kappa shape index (κ1) is 12.0. The predicted octanol–water partition coefficient (Wildman–Crippen LogP) is 0.527. The van der Waals surface area contributed by atoms with Crippen molar-refractivity contribution in [2.24, 2.45) is 0 Å². The summed E-state index contributed by atoms with van der Waals surface area (Å²) in [4.78, 5) is 17.9. The lowest BCUT2D eigenvalue weighted by atomic mass is 10.3. The van der Waals surface area contributed by atoms with E-state index in [9.17, 15) is 4.79 Å². The zero-order valence-corrected chi connectivity index (χ0v) is 10.0. The summed E-state index contributed by atoms with van der Waals surface area (Å²) in [6.07, 6.45) is 2.84. The second-order valence-electron chi connectivity index (χ2n) is 4.28. The van der Waals surface area contributed by atoms with Gasteiger partial charge in [-0.1, -0.05) is 0 Å². The van der Waals surface area contributed by atoms with Gasteiger partial charge in [0.15, 0.2) is 0 Å². The zero-order valence-electron chi connectivity index (χ0n) is 10.0. The average Bonchev–Trinajstić information content (AvgIpc) is 3.08. The number of hydrogen-bond acceptors (Lipinski definition) is 4. The van der Waals surface area contributed by atoms with E-state index in [4.69, 9.17) is 5.11 Å². The Labute approximate surface area is 100 Å². The van der Waals surface area contributed by atoms with Crippen LogP contribution in [0.15, 0.2) is 0 Å². The van der Waals surface area contributed by atoms with Gasteiger partial charge in [-0.05, 0) is 26.2 Å². The van der Waals surface area contributed by atoms with E-state index in [-0.39, 0.29) is 18.3 Å². The maximum atomic E-state index is 12.0. The number of aliphatic hydroxyl groups is 1. The van der Waals surface area contributed by atoms with Gasteiger partial charge in [0.1, 0.15) is 5.82 Å². The molecule has 1 aromatic rings. The molecule has 6 heteroatoms. The molecule has 1 aromatic heterocycles. The standard InChI is InChI=1S/C11H18N4O2/c1-2-15(6-3-7-16)11(17)10-12-9(13-14-10)8-4-5-8/h8,16H,2-7H2,1H3,(H,12,13,14). The summed E-state index contributed by atoms with van der Waals surface area (Å²) in [7, 11) is 0. The number of amides is 1. The lowest BCUT2D eigenvalue weighted by molar-refractivity contribution is 0.0742. The number of H-pyrrole nitrogens is 1. The average molecular weight is 238 g/mol. The molecular weight excluding hydrogens is 220 g/mol. The molecule has 94 valence electrons. The first-order valence-corrected chi connectivity index (χ1v) is 6.08. The molecule has 1 aliphatic rings. The van der Waals surface area contributed by atoms with Gasteiger partial charge in [0, 0.05) is 25.6 Å². The molecule has 0 aliphatic heterocycles. The summed E-state index contributed by atoms with van der Waals surface area (Å²) in [6, 6.07) is 0. The van der Waals surface area contributed by atoms with Crippen LogP contribution in [0, 0.1) is 0 Å². The largest absolute Gasteiger partial charge is 0.396 e. The number of nitrogens with one attached hydrogen (secondary N) is 1. The van der Waals surface area contributed by atoms with Crippen LogP contribution in [-0.4, -0.2) is 50.8 Å². The van der Waals surface area contributed by atoms with E-state index < -0.39 is 0 Å². The van der Waals surface area contributed by atoms with Crippen molar-refractivity contribution in [3.05, 3.63) is 11.6 Å². The van der Waals surface area contributed by atoms with Gasteiger partial charge in [0.2, 0.25) is 5.82 Å². The first-order valence-electron chi connectivity index (χ1n) is 6.08. The number of aliphatic hydroxyl groups excluding tert-OH is 1. The van der Waals surface area contributed by atoms with Crippen LogP contribution in [0.1, 0.15) is 48.5 Å². The highest BCUT2D eigenvalue weighted by molar-refractivity contribution is 5.90. The minimum atomic E-state index is -0.163. The van der Waals surface area contributed by atoms with Crippen molar-refractivity contribution in [3.63, 3.8) is 0 Å². The smallest absolute Gasteiger partial charge is 0.293 e. The molecule has 1 aliphatic carbocycles. The van der Waals surface area contributed by atoms with Gasteiger partial charge in [0.25, 0.3) is 5.91 Å². The summed E-state index contributed by atoms with van der Waals surface area (Å²) in [5.74, 6) is 1.37. The van der Waals surface area contributed by atoms with E-state index in [1.165, 1.54) is 0 Å². The maximum Gasteiger partial charge on any atom is 0.293 e. The fraction of sp³-hybridized carbons (Fsp3) is 0.727. The minimum Gasteiger partial charge on any atom is -0.396 e. The Morgan fingerprint density at radius 3 is 2.94 bits per heavy atom.